The van der Waals surface area contributed by atoms with Gasteiger partial charge in [-0.2, -0.15) is 4.98 Å². The normalized spacial score (nSPS) is 13.0. The topological polar surface area (TPSA) is 84.7 Å². The number of imidazole rings is 1. The Bertz CT molecular complexity index is 769. The summed E-state index contributed by atoms with van der Waals surface area (Å²) < 4.78 is 3.27. The molecule has 2 aromatic heterocycles. The SMILES string of the molecule is CC[C@H](C)Nc1nc2c(c(=O)[nH]c(=O)n2C)n1CCC(C)C. The summed E-state index contributed by atoms with van der Waals surface area (Å²) in [7, 11) is 1.62. The van der Waals surface area contributed by atoms with E-state index in [4.69, 9.17) is 0 Å². The molecule has 0 unspecified atom stereocenters. The van der Waals surface area contributed by atoms with E-state index in [-0.39, 0.29) is 11.6 Å². The zero-order valence-electron chi connectivity index (χ0n) is 13.9. The summed E-state index contributed by atoms with van der Waals surface area (Å²) in [5.41, 5.74) is 0.0459. The second kappa shape index (κ2) is 6.37. The molecule has 0 spiro atoms. The standard InChI is InChI=1S/C15H25N5O2/c1-6-10(4)16-14-17-12-11(20(14)8-7-9(2)3)13(21)18-15(22)19(12)5/h9-10H,6-8H2,1-5H3,(H,16,17)(H,18,21,22)/t10-/m0/s1. The molecule has 22 heavy (non-hydrogen) atoms. The fraction of sp³-hybridized carbons (Fsp3) is 0.667. The van der Waals surface area contributed by atoms with Gasteiger partial charge in [0.15, 0.2) is 11.2 Å². The van der Waals surface area contributed by atoms with Gasteiger partial charge in [-0.25, -0.2) is 4.79 Å². The molecule has 0 bridgehead atoms. The van der Waals surface area contributed by atoms with Crippen molar-refractivity contribution in [1.29, 1.82) is 0 Å². The van der Waals surface area contributed by atoms with Crippen LogP contribution in [0, 0.1) is 5.92 Å². The van der Waals surface area contributed by atoms with Crippen molar-refractivity contribution < 1.29 is 0 Å². The van der Waals surface area contributed by atoms with Crippen molar-refractivity contribution in [3.8, 4) is 0 Å². The first-order chi connectivity index (χ1) is 10.3. The maximum Gasteiger partial charge on any atom is 0.329 e. The van der Waals surface area contributed by atoms with E-state index in [1.807, 2.05) is 4.57 Å². The highest BCUT2D eigenvalue weighted by molar-refractivity contribution is 5.74. The van der Waals surface area contributed by atoms with Crippen LogP contribution in [-0.2, 0) is 13.6 Å². The van der Waals surface area contributed by atoms with Crippen LogP contribution < -0.4 is 16.6 Å². The quantitative estimate of drug-likeness (QED) is 0.850. The summed E-state index contributed by atoms with van der Waals surface area (Å²) in [6.07, 6.45) is 1.88. The van der Waals surface area contributed by atoms with Crippen molar-refractivity contribution in [1.82, 2.24) is 19.1 Å². The fourth-order valence-corrected chi connectivity index (χ4v) is 2.27. The van der Waals surface area contributed by atoms with Crippen LogP contribution in [-0.4, -0.2) is 25.1 Å². The third kappa shape index (κ3) is 3.08. The van der Waals surface area contributed by atoms with E-state index in [1.165, 1.54) is 4.57 Å². The Morgan fingerprint density at radius 1 is 1.27 bits per heavy atom. The van der Waals surface area contributed by atoms with Gasteiger partial charge in [-0.1, -0.05) is 20.8 Å². The minimum absolute atomic E-state index is 0.241. The molecule has 2 N–H and O–H groups in total. The third-order valence-electron chi connectivity index (χ3n) is 3.93. The smallest absolute Gasteiger partial charge is 0.329 e. The second-order valence-electron chi connectivity index (χ2n) is 6.21. The summed E-state index contributed by atoms with van der Waals surface area (Å²) in [4.78, 5) is 30.8. The van der Waals surface area contributed by atoms with Gasteiger partial charge in [0.05, 0.1) is 0 Å². The lowest BCUT2D eigenvalue weighted by Crippen LogP contribution is -2.29. The number of fused-ring (bicyclic) bond motifs is 1. The molecule has 0 aromatic carbocycles. The van der Waals surface area contributed by atoms with Gasteiger partial charge < -0.3 is 9.88 Å². The molecule has 0 aliphatic rings. The van der Waals surface area contributed by atoms with Gasteiger partial charge in [-0.15, -0.1) is 0 Å². The van der Waals surface area contributed by atoms with Crippen molar-refractivity contribution in [3.05, 3.63) is 20.8 Å². The summed E-state index contributed by atoms with van der Waals surface area (Å²) in [6.45, 7) is 9.12. The summed E-state index contributed by atoms with van der Waals surface area (Å²) in [5.74, 6) is 1.16. The summed E-state index contributed by atoms with van der Waals surface area (Å²) in [5, 5.41) is 3.33. The Balaban J connectivity index is 2.63. The van der Waals surface area contributed by atoms with Gasteiger partial charge in [-0.3, -0.25) is 14.3 Å². The number of aryl methyl sites for hydroxylation is 2. The van der Waals surface area contributed by atoms with Crippen LogP contribution >= 0.6 is 0 Å². The van der Waals surface area contributed by atoms with Gasteiger partial charge in [0.2, 0.25) is 5.95 Å². The van der Waals surface area contributed by atoms with Crippen molar-refractivity contribution in [2.24, 2.45) is 13.0 Å². The zero-order chi connectivity index (χ0) is 16.4. The van der Waals surface area contributed by atoms with Gasteiger partial charge in [0, 0.05) is 19.6 Å². The number of nitrogens with one attached hydrogen (secondary N) is 2. The molecule has 0 amide bonds. The maximum absolute atomic E-state index is 12.2. The number of hydrogen-bond donors (Lipinski definition) is 2. The highest BCUT2D eigenvalue weighted by Gasteiger charge is 2.18. The Kier molecular flexibility index (Phi) is 4.73. The number of nitrogens with zero attached hydrogens (tertiary/aromatic N) is 3. The van der Waals surface area contributed by atoms with Crippen LogP contribution in [0.15, 0.2) is 9.59 Å². The van der Waals surface area contributed by atoms with Crippen LogP contribution in [0.2, 0.25) is 0 Å². The number of rotatable bonds is 6. The Morgan fingerprint density at radius 3 is 2.55 bits per heavy atom. The molecule has 2 rings (SSSR count). The number of aromatic amines is 1. The molecule has 7 nitrogen and oxygen atoms in total. The van der Waals surface area contributed by atoms with Crippen molar-refractivity contribution in [2.75, 3.05) is 5.32 Å². The monoisotopic (exact) mass is 307 g/mol. The lowest BCUT2D eigenvalue weighted by Gasteiger charge is -2.15. The number of anilines is 1. The van der Waals surface area contributed by atoms with E-state index in [1.54, 1.807) is 7.05 Å². The van der Waals surface area contributed by atoms with E-state index in [2.05, 4.69) is 43.0 Å². The molecule has 7 heteroatoms. The van der Waals surface area contributed by atoms with Crippen LogP contribution in [0.1, 0.15) is 40.5 Å². The predicted molar refractivity (Wildman–Crippen MR) is 88.4 cm³/mol. The molecule has 1 atom stereocenters. The summed E-state index contributed by atoms with van der Waals surface area (Å²) in [6, 6.07) is 0.241. The predicted octanol–water partition coefficient (Wildman–Crippen LogP) is 1.68. The molecule has 0 aliphatic carbocycles. The highest BCUT2D eigenvalue weighted by atomic mass is 16.2. The minimum atomic E-state index is -0.443. The maximum atomic E-state index is 12.2. The third-order valence-corrected chi connectivity index (χ3v) is 3.93. The van der Waals surface area contributed by atoms with E-state index in [0.29, 0.717) is 29.6 Å². The lowest BCUT2D eigenvalue weighted by atomic mass is 10.1. The van der Waals surface area contributed by atoms with Gasteiger partial charge in [0.1, 0.15) is 0 Å². The fourth-order valence-electron chi connectivity index (χ4n) is 2.27. The second-order valence-corrected chi connectivity index (χ2v) is 6.21. The summed E-state index contributed by atoms with van der Waals surface area (Å²) >= 11 is 0. The van der Waals surface area contributed by atoms with Crippen LogP contribution in [0.25, 0.3) is 11.2 Å². The van der Waals surface area contributed by atoms with Crippen LogP contribution in [0.5, 0.6) is 0 Å². The molecular formula is C15H25N5O2. The lowest BCUT2D eigenvalue weighted by molar-refractivity contribution is 0.523. The van der Waals surface area contributed by atoms with E-state index < -0.39 is 5.69 Å². The molecule has 122 valence electrons. The number of hydrogen-bond acceptors (Lipinski definition) is 4. The van der Waals surface area contributed by atoms with Crippen molar-refractivity contribution in [3.63, 3.8) is 0 Å². The first-order valence-corrected chi connectivity index (χ1v) is 7.81. The van der Waals surface area contributed by atoms with E-state index in [9.17, 15) is 9.59 Å². The Morgan fingerprint density at radius 2 is 1.95 bits per heavy atom. The van der Waals surface area contributed by atoms with Crippen molar-refractivity contribution in [2.45, 2.75) is 53.1 Å². The molecular weight excluding hydrogens is 282 g/mol. The average Bonchev–Trinajstić information content (AvgIpc) is 2.81. The van der Waals surface area contributed by atoms with Gasteiger partial charge in [0.25, 0.3) is 5.56 Å². The molecule has 0 saturated carbocycles. The molecule has 2 heterocycles. The first kappa shape index (κ1) is 16.3. The van der Waals surface area contributed by atoms with Crippen molar-refractivity contribution >= 4 is 17.1 Å². The van der Waals surface area contributed by atoms with Crippen LogP contribution in [0.3, 0.4) is 0 Å². The highest BCUT2D eigenvalue weighted by Crippen LogP contribution is 2.18. The number of H-pyrrole nitrogens is 1. The van der Waals surface area contributed by atoms with Gasteiger partial charge in [-0.05, 0) is 25.7 Å². The first-order valence-electron chi connectivity index (χ1n) is 7.81. The molecule has 0 radical (unpaired) electrons. The number of aromatic nitrogens is 4. The average molecular weight is 307 g/mol. The Labute approximate surface area is 129 Å². The van der Waals surface area contributed by atoms with E-state index >= 15 is 0 Å². The zero-order valence-corrected chi connectivity index (χ0v) is 13.9. The van der Waals surface area contributed by atoms with E-state index in [0.717, 1.165) is 12.8 Å². The molecule has 0 saturated heterocycles. The molecule has 0 aliphatic heterocycles. The minimum Gasteiger partial charge on any atom is -0.353 e. The largest absolute Gasteiger partial charge is 0.353 e. The van der Waals surface area contributed by atoms with Gasteiger partial charge >= 0.3 is 5.69 Å². The Hall–Kier alpha value is -2.05. The molecule has 0 fully saturated rings. The van der Waals surface area contributed by atoms with Crippen LogP contribution in [0.4, 0.5) is 5.95 Å². The molecule has 2 aromatic rings.